The van der Waals surface area contributed by atoms with Crippen LogP contribution >= 0.6 is 39.3 Å². The van der Waals surface area contributed by atoms with E-state index < -0.39 is 0 Å². The van der Waals surface area contributed by atoms with Crippen LogP contribution in [0, 0.1) is 0 Å². The van der Waals surface area contributed by atoms with Crippen LogP contribution in [0.2, 0.25) is 0 Å². The molecule has 0 aliphatic rings. The standard InChI is InChI=1S/C21H21BrClN3S/c1-14(23)13-27-20-25-24-19(26(20)18-11-9-17(22)10-12-18)15-5-7-16(8-6-15)21(2,3)4/h5-12H,1,13H2,2-4H3. The van der Waals surface area contributed by atoms with Crippen molar-refractivity contribution in [3.8, 4) is 17.1 Å². The predicted molar refractivity (Wildman–Crippen MR) is 119 cm³/mol. The van der Waals surface area contributed by atoms with E-state index >= 15 is 0 Å². The summed E-state index contributed by atoms with van der Waals surface area (Å²) in [6, 6.07) is 16.6. The highest BCUT2D eigenvalue weighted by molar-refractivity contribution is 9.10. The minimum atomic E-state index is 0.111. The van der Waals surface area contributed by atoms with Gasteiger partial charge in [0, 0.05) is 26.5 Å². The molecule has 0 amide bonds. The molecule has 3 rings (SSSR count). The Labute approximate surface area is 178 Å². The van der Waals surface area contributed by atoms with E-state index in [9.17, 15) is 0 Å². The molecule has 0 N–H and O–H groups in total. The molecular weight excluding hydrogens is 442 g/mol. The van der Waals surface area contributed by atoms with Crippen molar-refractivity contribution in [3.05, 3.63) is 70.2 Å². The van der Waals surface area contributed by atoms with E-state index in [1.54, 1.807) is 0 Å². The van der Waals surface area contributed by atoms with Crippen molar-refractivity contribution in [2.24, 2.45) is 0 Å². The Hall–Kier alpha value is -1.56. The number of nitrogens with zero attached hydrogens (tertiary/aromatic N) is 3. The van der Waals surface area contributed by atoms with Crippen molar-refractivity contribution in [3.63, 3.8) is 0 Å². The minimum Gasteiger partial charge on any atom is -0.270 e. The number of benzene rings is 2. The summed E-state index contributed by atoms with van der Waals surface area (Å²) in [6.45, 7) is 10.4. The zero-order chi connectivity index (χ0) is 19.6. The highest BCUT2D eigenvalue weighted by atomic mass is 79.9. The summed E-state index contributed by atoms with van der Waals surface area (Å²) in [5.41, 5.74) is 3.42. The summed E-state index contributed by atoms with van der Waals surface area (Å²) in [4.78, 5) is 0. The number of hydrogen-bond acceptors (Lipinski definition) is 3. The largest absolute Gasteiger partial charge is 0.270 e. The molecule has 3 nitrogen and oxygen atoms in total. The van der Waals surface area contributed by atoms with Crippen LogP contribution in [0.3, 0.4) is 0 Å². The van der Waals surface area contributed by atoms with Gasteiger partial charge in [0.2, 0.25) is 0 Å². The van der Waals surface area contributed by atoms with Gasteiger partial charge in [0.05, 0.1) is 0 Å². The average Bonchev–Trinajstić information content (AvgIpc) is 3.04. The lowest BCUT2D eigenvalue weighted by Crippen LogP contribution is -2.10. The highest BCUT2D eigenvalue weighted by Gasteiger charge is 2.18. The van der Waals surface area contributed by atoms with Crippen LogP contribution in [0.5, 0.6) is 0 Å². The number of halogens is 2. The summed E-state index contributed by atoms with van der Waals surface area (Å²) in [7, 11) is 0. The van der Waals surface area contributed by atoms with Gasteiger partial charge in [0.25, 0.3) is 0 Å². The molecule has 0 aliphatic heterocycles. The average molecular weight is 463 g/mol. The van der Waals surface area contributed by atoms with Crippen LogP contribution in [0.4, 0.5) is 0 Å². The van der Waals surface area contributed by atoms with Gasteiger partial charge in [-0.05, 0) is 35.2 Å². The molecule has 3 aromatic rings. The van der Waals surface area contributed by atoms with E-state index in [0.717, 1.165) is 26.7 Å². The van der Waals surface area contributed by atoms with Gasteiger partial charge < -0.3 is 0 Å². The fourth-order valence-corrected chi connectivity index (χ4v) is 3.77. The molecule has 27 heavy (non-hydrogen) atoms. The molecule has 140 valence electrons. The monoisotopic (exact) mass is 461 g/mol. The quantitative estimate of drug-likeness (QED) is 0.389. The smallest absolute Gasteiger partial charge is 0.196 e. The van der Waals surface area contributed by atoms with Crippen molar-refractivity contribution in [2.75, 3.05) is 5.75 Å². The third-order valence-electron chi connectivity index (χ3n) is 4.09. The molecule has 0 radical (unpaired) electrons. The van der Waals surface area contributed by atoms with Gasteiger partial charge in [0.1, 0.15) is 0 Å². The molecule has 0 fully saturated rings. The molecule has 0 spiro atoms. The topological polar surface area (TPSA) is 30.7 Å². The molecular formula is C21H21BrClN3S. The molecule has 0 bridgehead atoms. The van der Waals surface area contributed by atoms with Crippen LogP contribution in [0.15, 0.2) is 69.8 Å². The first-order valence-electron chi connectivity index (χ1n) is 8.54. The summed E-state index contributed by atoms with van der Waals surface area (Å²) in [6.07, 6.45) is 0. The minimum absolute atomic E-state index is 0.111. The maximum Gasteiger partial charge on any atom is 0.196 e. The highest BCUT2D eigenvalue weighted by Crippen LogP contribution is 2.31. The Morgan fingerprint density at radius 1 is 1.07 bits per heavy atom. The lowest BCUT2D eigenvalue weighted by molar-refractivity contribution is 0.590. The maximum absolute atomic E-state index is 5.95. The second kappa shape index (κ2) is 8.21. The third-order valence-corrected chi connectivity index (χ3v) is 5.92. The van der Waals surface area contributed by atoms with Gasteiger partial charge in [-0.1, -0.05) is 90.9 Å². The van der Waals surface area contributed by atoms with E-state index in [-0.39, 0.29) is 5.41 Å². The van der Waals surface area contributed by atoms with Crippen LogP contribution in [-0.4, -0.2) is 20.5 Å². The molecule has 6 heteroatoms. The Balaban J connectivity index is 2.07. The fraction of sp³-hybridized carbons (Fsp3) is 0.238. The van der Waals surface area contributed by atoms with E-state index in [1.807, 2.05) is 24.3 Å². The summed E-state index contributed by atoms with van der Waals surface area (Å²) >= 11 is 11.0. The lowest BCUT2D eigenvalue weighted by atomic mass is 9.87. The lowest BCUT2D eigenvalue weighted by Gasteiger charge is -2.19. The third kappa shape index (κ3) is 4.84. The molecule has 0 atom stereocenters. The van der Waals surface area contributed by atoms with Crippen LogP contribution < -0.4 is 0 Å². The first-order chi connectivity index (χ1) is 12.8. The zero-order valence-electron chi connectivity index (χ0n) is 15.5. The summed E-state index contributed by atoms with van der Waals surface area (Å²) < 4.78 is 3.09. The summed E-state index contributed by atoms with van der Waals surface area (Å²) in [5.74, 6) is 1.39. The van der Waals surface area contributed by atoms with Crippen molar-refractivity contribution >= 4 is 39.3 Å². The first-order valence-corrected chi connectivity index (χ1v) is 10.7. The van der Waals surface area contributed by atoms with Crippen LogP contribution in [0.25, 0.3) is 17.1 Å². The predicted octanol–water partition coefficient (Wildman–Crippen LogP) is 6.84. The number of aromatic nitrogens is 3. The molecule has 1 aromatic heterocycles. The van der Waals surface area contributed by atoms with Crippen molar-refractivity contribution in [2.45, 2.75) is 31.3 Å². The molecule has 0 aliphatic carbocycles. The van der Waals surface area contributed by atoms with Gasteiger partial charge in [0.15, 0.2) is 11.0 Å². The van der Waals surface area contributed by atoms with Gasteiger partial charge in [-0.25, -0.2) is 0 Å². The van der Waals surface area contributed by atoms with Gasteiger partial charge >= 0.3 is 0 Å². The molecule has 2 aromatic carbocycles. The number of hydrogen-bond donors (Lipinski definition) is 0. The van der Waals surface area contributed by atoms with Crippen molar-refractivity contribution < 1.29 is 0 Å². The Kier molecular flexibility index (Phi) is 6.14. The molecule has 0 saturated carbocycles. The Morgan fingerprint density at radius 2 is 1.70 bits per heavy atom. The van der Waals surface area contributed by atoms with Crippen molar-refractivity contribution in [1.82, 2.24) is 14.8 Å². The van der Waals surface area contributed by atoms with Crippen LogP contribution in [-0.2, 0) is 5.41 Å². The second-order valence-electron chi connectivity index (χ2n) is 7.25. The SMILES string of the molecule is C=C(Cl)CSc1nnc(-c2ccc(C(C)(C)C)cc2)n1-c1ccc(Br)cc1. The van der Waals surface area contributed by atoms with E-state index in [2.05, 4.69) is 82.3 Å². The normalized spacial score (nSPS) is 11.6. The van der Waals surface area contributed by atoms with Crippen molar-refractivity contribution in [1.29, 1.82) is 0 Å². The Bertz CT molecular complexity index is 941. The van der Waals surface area contributed by atoms with E-state index in [1.165, 1.54) is 17.3 Å². The molecule has 0 saturated heterocycles. The molecule has 0 unspecified atom stereocenters. The zero-order valence-corrected chi connectivity index (χ0v) is 18.7. The van der Waals surface area contributed by atoms with E-state index in [4.69, 9.17) is 11.6 Å². The van der Waals surface area contributed by atoms with Gasteiger partial charge in [-0.3, -0.25) is 4.57 Å². The summed E-state index contributed by atoms with van der Waals surface area (Å²) in [5, 5.41) is 10.2. The first kappa shape index (κ1) is 20.2. The molecule has 1 heterocycles. The maximum atomic E-state index is 5.95. The Morgan fingerprint density at radius 3 is 2.26 bits per heavy atom. The number of rotatable bonds is 5. The second-order valence-corrected chi connectivity index (χ2v) is 9.64. The van der Waals surface area contributed by atoms with Gasteiger partial charge in [-0.15, -0.1) is 10.2 Å². The van der Waals surface area contributed by atoms with E-state index in [0.29, 0.717) is 10.8 Å². The fourth-order valence-electron chi connectivity index (χ4n) is 2.64. The number of thioether (sulfide) groups is 1. The van der Waals surface area contributed by atoms with Crippen LogP contribution in [0.1, 0.15) is 26.3 Å². The van der Waals surface area contributed by atoms with Gasteiger partial charge in [-0.2, -0.15) is 0 Å².